The molecular formula is C11H12BrClN2O. The Kier molecular flexibility index (Phi) is 4.20. The Labute approximate surface area is 109 Å². The van der Waals surface area contributed by atoms with Gasteiger partial charge < -0.3 is 10.5 Å². The molecule has 5 heteroatoms. The van der Waals surface area contributed by atoms with Crippen LogP contribution in [-0.2, 0) is 0 Å². The number of hydrogen-bond acceptors (Lipinski definition) is 3. The minimum atomic E-state index is -0.153. The van der Waals surface area contributed by atoms with E-state index >= 15 is 0 Å². The van der Waals surface area contributed by atoms with E-state index in [4.69, 9.17) is 15.7 Å². The minimum absolute atomic E-state index is 0. The molecule has 0 heterocycles. The van der Waals surface area contributed by atoms with Gasteiger partial charge in [-0.2, -0.15) is 5.26 Å². The van der Waals surface area contributed by atoms with Gasteiger partial charge in [0.05, 0.1) is 11.1 Å². The third-order valence-electron chi connectivity index (χ3n) is 2.47. The third-order valence-corrected chi connectivity index (χ3v) is 2.96. The van der Waals surface area contributed by atoms with Crippen molar-refractivity contribution in [2.75, 3.05) is 6.61 Å². The van der Waals surface area contributed by atoms with Crippen LogP contribution in [0.15, 0.2) is 22.7 Å². The van der Waals surface area contributed by atoms with E-state index in [-0.39, 0.29) is 17.9 Å². The Hall–Kier alpha value is -0.760. The molecule has 0 saturated heterocycles. The molecule has 1 aromatic rings. The summed E-state index contributed by atoms with van der Waals surface area (Å²) in [5.74, 6) is 0.609. The molecule has 1 fully saturated rings. The molecule has 0 spiro atoms. The quantitative estimate of drug-likeness (QED) is 0.934. The van der Waals surface area contributed by atoms with Crippen LogP contribution in [-0.4, -0.2) is 12.1 Å². The Bertz CT molecular complexity index is 426. The molecule has 1 aliphatic carbocycles. The number of ether oxygens (including phenoxy) is 1. The van der Waals surface area contributed by atoms with Crippen LogP contribution >= 0.6 is 28.3 Å². The van der Waals surface area contributed by atoms with Gasteiger partial charge in [0.2, 0.25) is 0 Å². The van der Waals surface area contributed by atoms with E-state index in [2.05, 4.69) is 22.0 Å². The number of nitrogens with two attached hydrogens (primary N) is 1. The highest BCUT2D eigenvalue weighted by Crippen LogP contribution is 2.33. The second kappa shape index (κ2) is 5.05. The molecule has 86 valence electrons. The molecule has 0 aliphatic heterocycles. The van der Waals surface area contributed by atoms with Gasteiger partial charge in [0.25, 0.3) is 0 Å². The van der Waals surface area contributed by atoms with Gasteiger partial charge in [-0.1, -0.05) is 15.9 Å². The molecule has 0 aromatic heterocycles. The number of halogens is 2. The largest absolute Gasteiger partial charge is 0.490 e. The van der Waals surface area contributed by atoms with Gasteiger partial charge in [-0.15, -0.1) is 12.4 Å². The highest BCUT2D eigenvalue weighted by molar-refractivity contribution is 9.10. The van der Waals surface area contributed by atoms with Crippen molar-refractivity contribution in [1.29, 1.82) is 5.26 Å². The van der Waals surface area contributed by atoms with Gasteiger partial charge in [0.15, 0.2) is 0 Å². The van der Waals surface area contributed by atoms with Crippen LogP contribution in [0.5, 0.6) is 5.75 Å². The predicted octanol–water partition coefficient (Wildman–Crippen LogP) is 2.61. The standard InChI is InChI=1S/C11H11BrN2O.ClH/c12-9-1-2-10(8(5-9)6-13)15-7-11(14)3-4-11;/h1-2,5H,3-4,7,14H2;1H. The summed E-state index contributed by atoms with van der Waals surface area (Å²) < 4.78 is 6.42. The molecule has 1 aliphatic rings. The number of hydrogen-bond donors (Lipinski definition) is 1. The van der Waals surface area contributed by atoms with E-state index in [1.165, 1.54) is 0 Å². The van der Waals surface area contributed by atoms with E-state index < -0.39 is 0 Å². The molecule has 1 saturated carbocycles. The van der Waals surface area contributed by atoms with Gasteiger partial charge in [0, 0.05) is 4.47 Å². The molecule has 0 atom stereocenters. The molecule has 3 nitrogen and oxygen atoms in total. The van der Waals surface area contributed by atoms with Crippen LogP contribution < -0.4 is 10.5 Å². The van der Waals surface area contributed by atoms with Crippen LogP contribution in [0.3, 0.4) is 0 Å². The summed E-state index contributed by atoms with van der Waals surface area (Å²) in [5.41, 5.74) is 6.28. The second-order valence-electron chi connectivity index (χ2n) is 3.90. The van der Waals surface area contributed by atoms with Gasteiger partial charge in [-0.25, -0.2) is 0 Å². The van der Waals surface area contributed by atoms with E-state index in [0.717, 1.165) is 17.3 Å². The zero-order chi connectivity index (χ0) is 10.9. The first-order valence-corrected chi connectivity index (χ1v) is 5.54. The second-order valence-corrected chi connectivity index (χ2v) is 4.82. The van der Waals surface area contributed by atoms with Gasteiger partial charge >= 0.3 is 0 Å². The van der Waals surface area contributed by atoms with Crippen LogP contribution in [0.25, 0.3) is 0 Å². The smallest absolute Gasteiger partial charge is 0.137 e. The number of nitriles is 1. The molecule has 0 bridgehead atoms. The molecule has 0 radical (unpaired) electrons. The minimum Gasteiger partial charge on any atom is -0.490 e. The van der Waals surface area contributed by atoms with Crippen molar-refractivity contribution in [2.45, 2.75) is 18.4 Å². The Morgan fingerprint density at radius 1 is 1.50 bits per heavy atom. The van der Waals surface area contributed by atoms with Crippen molar-refractivity contribution in [3.63, 3.8) is 0 Å². The maximum Gasteiger partial charge on any atom is 0.137 e. The highest BCUT2D eigenvalue weighted by Gasteiger charge is 2.39. The fraction of sp³-hybridized carbons (Fsp3) is 0.364. The molecule has 1 aromatic carbocycles. The van der Waals surface area contributed by atoms with Crippen molar-refractivity contribution in [3.8, 4) is 11.8 Å². The molecule has 16 heavy (non-hydrogen) atoms. The summed E-state index contributed by atoms with van der Waals surface area (Å²) in [6, 6.07) is 7.48. The first-order chi connectivity index (χ1) is 7.13. The summed E-state index contributed by atoms with van der Waals surface area (Å²) in [6.07, 6.45) is 2.01. The van der Waals surface area contributed by atoms with Crippen LogP contribution in [0.2, 0.25) is 0 Å². The molecule has 0 unspecified atom stereocenters. The first-order valence-electron chi connectivity index (χ1n) is 4.74. The normalized spacial score (nSPS) is 15.8. The first kappa shape index (κ1) is 13.3. The van der Waals surface area contributed by atoms with Gasteiger partial charge in [-0.3, -0.25) is 0 Å². The zero-order valence-corrected chi connectivity index (χ0v) is 11.0. The van der Waals surface area contributed by atoms with Crippen molar-refractivity contribution in [2.24, 2.45) is 5.73 Å². The Morgan fingerprint density at radius 3 is 2.75 bits per heavy atom. The molecule has 2 N–H and O–H groups in total. The number of nitrogens with zero attached hydrogens (tertiary/aromatic N) is 1. The van der Waals surface area contributed by atoms with Crippen molar-refractivity contribution >= 4 is 28.3 Å². The monoisotopic (exact) mass is 302 g/mol. The van der Waals surface area contributed by atoms with Crippen LogP contribution in [0.1, 0.15) is 18.4 Å². The number of benzene rings is 1. The lowest BCUT2D eigenvalue weighted by Crippen LogP contribution is -2.29. The van der Waals surface area contributed by atoms with Crippen molar-refractivity contribution < 1.29 is 4.74 Å². The molecule has 0 amide bonds. The lowest BCUT2D eigenvalue weighted by Gasteiger charge is -2.12. The van der Waals surface area contributed by atoms with Gasteiger partial charge in [-0.05, 0) is 31.0 Å². The maximum absolute atomic E-state index is 8.91. The maximum atomic E-state index is 8.91. The van der Waals surface area contributed by atoms with Crippen LogP contribution in [0, 0.1) is 11.3 Å². The number of rotatable bonds is 3. The summed E-state index contributed by atoms with van der Waals surface area (Å²) in [4.78, 5) is 0. The van der Waals surface area contributed by atoms with Crippen molar-refractivity contribution in [3.05, 3.63) is 28.2 Å². The van der Waals surface area contributed by atoms with E-state index in [1.807, 2.05) is 6.07 Å². The van der Waals surface area contributed by atoms with E-state index in [9.17, 15) is 0 Å². The van der Waals surface area contributed by atoms with E-state index in [1.54, 1.807) is 12.1 Å². The summed E-state index contributed by atoms with van der Waals surface area (Å²) in [5, 5.41) is 8.91. The fourth-order valence-electron chi connectivity index (χ4n) is 1.24. The molecule has 2 rings (SSSR count). The van der Waals surface area contributed by atoms with Crippen molar-refractivity contribution in [1.82, 2.24) is 0 Å². The lowest BCUT2D eigenvalue weighted by molar-refractivity contribution is 0.278. The fourth-order valence-corrected chi connectivity index (χ4v) is 1.60. The summed E-state index contributed by atoms with van der Waals surface area (Å²) in [7, 11) is 0. The highest BCUT2D eigenvalue weighted by atomic mass is 79.9. The topological polar surface area (TPSA) is 59.0 Å². The zero-order valence-electron chi connectivity index (χ0n) is 8.57. The summed E-state index contributed by atoms with van der Waals surface area (Å²) in [6.45, 7) is 0.489. The van der Waals surface area contributed by atoms with E-state index in [0.29, 0.717) is 17.9 Å². The van der Waals surface area contributed by atoms with Crippen LogP contribution in [0.4, 0.5) is 0 Å². The summed E-state index contributed by atoms with van der Waals surface area (Å²) >= 11 is 3.31. The third kappa shape index (κ3) is 3.11. The average molecular weight is 304 g/mol. The van der Waals surface area contributed by atoms with Gasteiger partial charge in [0.1, 0.15) is 18.4 Å². The SMILES string of the molecule is Cl.N#Cc1cc(Br)ccc1OCC1(N)CC1. The Balaban J connectivity index is 0.00000128. The lowest BCUT2D eigenvalue weighted by atomic mass is 10.2. The Morgan fingerprint density at radius 2 is 2.19 bits per heavy atom. The average Bonchev–Trinajstić information content (AvgIpc) is 2.95. The predicted molar refractivity (Wildman–Crippen MR) is 67.8 cm³/mol. The molecular weight excluding hydrogens is 291 g/mol.